The summed E-state index contributed by atoms with van der Waals surface area (Å²) < 4.78 is 5.28. The van der Waals surface area contributed by atoms with E-state index in [0.717, 1.165) is 0 Å². The third-order valence-electron chi connectivity index (χ3n) is 2.05. The number of hydrogen-bond acceptors (Lipinski definition) is 3. The minimum Gasteiger partial charge on any atom is -0.483 e. The second-order valence-corrected chi connectivity index (χ2v) is 3.88. The van der Waals surface area contributed by atoms with Crippen molar-refractivity contribution in [1.82, 2.24) is 5.32 Å². The van der Waals surface area contributed by atoms with Crippen molar-refractivity contribution in [3.63, 3.8) is 0 Å². The van der Waals surface area contributed by atoms with Gasteiger partial charge in [-0.25, -0.2) is 0 Å². The normalized spacial score (nSPS) is 9.82. The van der Waals surface area contributed by atoms with E-state index in [0.29, 0.717) is 22.9 Å². The molecule has 92 valence electrons. The summed E-state index contributed by atoms with van der Waals surface area (Å²) in [6.45, 7) is 3.67. The van der Waals surface area contributed by atoms with E-state index >= 15 is 0 Å². The van der Waals surface area contributed by atoms with Gasteiger partial charge in [-0.3, -0.25) is 9.59 Å². The van der Waals surface area contributed by atoms with Gasteiger partial charge in [-0.1, -0.05) is 11.6 Å². The topological polar surface area (TPSA) is 55.4 Å². The molecule has 0 saturated carbocycles. The van der Waals surface area contributed by atoms with E-state index in [-0.39, 0.29) is 18.3 Å². The number of carbonyl (C=O) groups excluding carboxylic acids is 2. The van der Waals surface area contributed by atoms with Gasteiger partial charge in [0.05, 0.1) is 5.56 Å². The fourth-order valence-electron chi connectivity index (χ4n) is 1.29. The van der Waals surface area contributed by atoms with Crippen LogP contribution in [0.25, 0.3) is 0 Å². The summed E-state index contributed by atoms with van der Waals surface area (Å²) >= 11 is 5.79. The number of ketones is 1. The van der Waals surface area contributed by atoms with Crippen LogP contribution in [0, 0.1) is 0 Å². The van der Waals surface area contributed by atoms with E-state index in [1.54, 1.807) is 12.1 Å². The van der Waals surface area contributed by atoms with Crippen LogP contribution in [0.15, 0.2) is 18.2 Å². The van der Waals surface area contributed by atoms with Crippen molar-refractivity contribution in [1.29, 1.82) is 0 Å². The molecule has 0 heterocycles. The number of likely N-dealkylation sites (N-methyl/N-ethyl adjacent to an activating group) is 1. The minimum atomic E-state index is -0.225. The van der Waals surface area contributed by atoms with Crippen molar-refractivity contribution in [2.45, 2.75) is 13.8 Å². The Kier molecular flexibility index (Phi) is 4.97. The Bertz CT molecular complexity index is 432. The molecule has 0 aromatic heterocycles. The number of benzene rings is 1. The van der Waals surface area contributed by atoms with Gasteiger partial charge >= 0.3 is 0 Å². The lowest BCUT2D eigenvalue weighted by molar-refractivity contribution is -0.122. The van der Waals surface area contributed by atoms with E-state index in [1.807, 2.05) is 6.92 Å². The number of amides is 1. The highest BCUT2D eigenvalue weighted by atomic mass is 35.5. The maximum Gasteiger partial charge on any atom is 0.257 e. The van der Waals surface area contributed by atoms with Gasteiger partial charge in [0.2, 0.25) is 0 Å². The maximum atomic E-state index is 11.3. The molecule has 1 amide bonds. The van der Waals surface area contributed by atoms with Gasteiger partial charge in [0, 0.05) is 11.6 Å². The zero-order chi connectivity index (χ0) is 12.8. The van der Waals surface area contributed by atoms with Crippen LogP contribution >= 0.6 is 11.6 Å². The summed E-state index contributed by atoms with van der Waals surface area (Å²) in [4.78, 5) is 22.6. The van der Waals surface area contributed by atoms with Crippen LogP contribution in [0.5, 0.6) is 5.75 Å². The Balaban J connectivity index is 2.77. The SMILES string of the molecule is CCNC(=O)COc1ccc(Cl)cc1C(C)=O. The lowest BCUT2D eigenvalue weighted by Crippen LogP contribution is -2.28. The largest absolute Gasteiger partial charge is 0.483 e. The van der Waals surface area contributed by atoms with Crippen molar-refractivity contribution in [2.24, 2.45) is 0 Å². The number of ether oxygens (including phenoxy) is 1. The first kappa shape index (κ1) is 13.5. The molecule has 0 spiro atoms. The van der Waals surface area contributed by atoms with Crippen LogP contribution in [0.1, 0.15) is 24.2 Å². The molecule has 0 aliphatic carbocycles. The van der Waals surface area contributed by atoms with Crippen LogP contribution < -0.4 is 10.1 Å². The number of rotatable bonds is 5. The summed E-state index contributed by atoms with van der Waals surface area (Å²) in [6.07, 6.45) is 0. The zero-order valence-electron chi connectivity index (χ0n) is 9.75. The van der Waals surface area contributed by atoms with E-state index in [9.17, 15) is 9.59 Å². The smallest absolute Gasteiger partial charge is 0.257 e. The van der Waals surface area contributed by atoms with Crippen LogP contribution in [-0.4, -0.2) is 24.8 Å². The highest BCUT2D eigenvalue weighted by molar-refractivity contribution is 6.31. The molecule has 0 unspecified atom stereocenters. The second kappa shape index (κ2) is 6.25. The van der Waals surface area contributed by atoms with Crippen molar-refractivity contribution in [3.05, 3.63) is 28.8 Å². The number of nitrogens with one attached hydrogen (secondary N) is 1. The summed E-state index contributed by atoms with van der Waals surface area (Å²) in [5.74, 6) is -0.0106. The molecule has 0 aliphatic rings. The molecule has 0 radical (unpaired) electrons. The van der Waals surface area contributed by atoms with Crippen LogP contribution in [0.4, 0.5) is 0 Å². The lowest BCUT2D eigenvalue weighted by Gasteiger charge is -2.09. The maximum absolute atomic E-state index is 11.3. The van der Waals surface area contributed by atoms with Crippen molar-refractivity contribution in [3.8, 4) is 5.75 Å². The summed E-state index contributed by atoms with van der Waals surface area (Å²) in [5.41, 5.74) is 0.377. The molecule has 0 fully saturated rings. The first-order valence-corrected chi connectivity index (χ1v) is 5.62. The predicted octanol–water partition coefficient (Wildman–Crippen LogP) is 2.06. The standard InChI is InChI=1S/C12H14ClNO3/c1-3-14-12(16)7-17-11-5-4-9(13)6-10(11)8(2)15/h4-6H,3,7H2,1-2H3,(H,14,16). The molecule has 0 bridgehead atoms. The van der Waals surface area contributed by atoms with Gasteiger partial charge in [-0.15, -0.1) is 0 Å². The number of carbonyl (C=O) groups is 2. The number of hydrogen-bond donors (Lipinski definition) is 1. The molecule has 1 aromatic carbocycles. The first-order chi connectivity index (χ1) is 8.04. The van der Waals surface area contributed by atoms with Gasteiger partial charge in [0.25, 0.3) is 5.91 Å². The molecule has 5 heteroatoms. The molecule has 0 aliphatic heterocycles. The van der Waals surface area contributed by atoms with E-state index in [4.69, 9.17) is 16.3 Å². The molecule has 1 aromatic rings. The van der Waals surface area contributed by atoms with Crippen LogP contribution in [0.3, 0.4) is 0 Å². The molecule has 1 rings (SSSR count). The molecular weight excluding hydrogens is 242 g/mol. The summed E-state index contributed by atoms with van der Waals surface area (Å²) in [5, 5.41) is 3.06. The monoisotopic (exact) mass is 255 g/mol. The fourth-order valence-corrected chi connectivity index (χ4v) is 1.47. The summed E-state index contributed by atoms with van der Waals surface area (Å²) in [6, 6.07) is 4.72. The van der Waals surface area contributed by atoms with Crippen molar-refractivity contribution < 1.29 is 14.3 Å². The molecular formula is C12H14ClNO3. The van der Waals surface area contributed by atoms with E-state index < -0.39 is 0 Å². The Labute approximate surface area is 105 Å². The lowest BCUT2D eigenvalue weighted by atomic mass is 10.1. The molecule has 0 atom stereocenters. The van der Waals surface area contributed by atoms with Crippen LogP contribution in [0.2, 0.25) is 5.02 Å². The third-order valence-corrected chi connectivity index (χ3v) is 2.29. The van der Waals surface area contributed by atoms with Gasteiger partial charge in [-0.2, -0.15) is 0 Å². The Morgan fingerprint density at radius 2 is 2.12 bits per heavy atom. The minimum absolute atomic E-state index is 0.115. The van der Waals surface area contributed by atoms with E-state index in [1.165, 1.54) is 13.0 Å². The van der Waals surface area contributed by atoms with E-state index in [2.05, 4.69) is 5.32 Å². The molecule has 4 nitrogen and oxygen atoms in total. The molecule has 1 N–H and O–H groups in total. The zero-order valence-corrected chi connectivity index (χ0v) is 10.5. The highest BCUT2D eigenvalue weighted by Crippen LogP contribution is 2.23. The van der Waals surface area contributed by atoms with Gasteiger partial charge in [0.1, 0.15) is 5.75 Å². The Morgan fingerprint density at radius 3 is 2.71 bits per heavy atom. The fraction of sp³-hybridized carbons (Fsp3) is 0.333. The quantitative estimate of drug-likeness (QED) is 0.820. The Hall–Kier alpha value is -1.55. The van der Waals surface area contributed by atoms with Crippen LogP contribution in [-0.2, 0) is 4.79 Å². The van der Waals surface area contributed by atoms with Crippen molar-refractivity contribution in [2.75, 3.05) is 13.2 Å². The van der Waals surface area contributed by atoms with Gasteiger partial charge in [-0.05, 0) is 32.0 Å². The summed E-state index contributed by atoms with van der Waals surface area (Å²) in [7, 11) is 0. The molecule has 17 heavy (non-hydrogen) atoms. The van der Waals surface area contributed by atoms with Gasteiger partial charge < -0.3 is 10.1 Å². The number of Topliss-reactive ketones (excluding diaryl/α,β-unsaturated/α-hetero) is 1. The Morgan fingerprint density at radius 1 is 1.41 bits per heavy atom. The third kappa shape index (κ3) is 4.07. The van der Waals surface area contributed by atoms with Crippen molar-refractivity contribution >= 4 is 23.3 Å². The second-order valence-electron chi connectivity index (χ2n) is 3.44. The van der Waals surface area contributed by atoms with Gasteiger partial charge in [0.15, 0.2) is 12.4 Å². The highest BCUT2D eigenvalue weighted by Gasteiger charge is 2.10. The predicted molar refractivity (Wildman–Crippen MR) is 65.6 cm³/mol. The number of halogens is 1. The first-order valence-electron chi connectivity index (χ1n) is 5.24. The average molecular weight is 256 g/mol. The molecule has 0 saturated heterocycles. The average Bonchev–Trinajstić information content (AvgIpc) is 2.27.